The van der Waals surface area contributed by atoms with Crippen LogP contribution in [0.2, 0.25) is 0 Å². The minimum absolute atomic E-state index is 0.0476. The molecule has 3 heterocycles. The Morgan fingerprint density at radius 1 is 1.29 bits per heavy atom. The number of methoxy groups -OCH3 is 1. The Hall–Kier alpha value is -3.17. The lowest BCUT2D eigenvalue weighted by Crippen LogP contribution is -2.58. The van der Waals surface area contributed by atoms with Crippen molar-refractivity contribution in [3.63, 3.8) is 0 Å². The topological polar surface area (TPSA) is 119 Å². The van der Waals surface area contributed by atoms with Crippen LogP contribution in [0, 0.1) is 5.92 Å². The van der Waals surface area contributed by atoms with Crippen molar-refractivity contribution in [3.8, 4) is 5.75 Å². The molecule has 34 heavy (non-hydrogen) atoms. The third kappa shape index (κ3) is 4.33. The molecule has 1 aliphatic carbocycles. The number of hydrogen-bond donors (Lipinski definition) is 3. The van der Waals surface area contributed by atoms with Crippen molar-refractivity contribution in [3.05, 3.63) is 48.3 Å². The molecule has 3 aromatic rings. The molecule has 5 rings (SSSR count). The Labute approximate surface area is 202 Å². The largest absolute Gasteiger partial charge is 0.497 e. The number of carbonyl (C=O) groups excluding carboxylic acids is 2. The third-order valence-corrected chi connectivity index (χ3v) is 7.78. The summed E-state index contributed by atoms with van der Waals surface area (Å²) in [6.07, 6.45) is 5.61. The number of thioether (sulfide) groups is 1. The van der Waals surface area contributed by atoms with Gasteiger partial charge >= 0.3 is 0 Å². The number of fused-ring (bicyclic) bond motifs is 2. The van der Waals surface area contributed by atoms with Gasteiger partial charge in [-0.2, -0.15) is 0 Å². The minimum atomic E-state index is -1.03. The van der Waals surface area contributed by atoms with Gasteiger partial charge in [-0.3, -0.25) is 14.6 Å². The molecule has 4 N–H and O–H groups in total. The lowest BCUT2D eigenvalue weighted by atomic mass is 9.70. The van der Waals surface area contributed by atoms with Gasteiger partial charge in [0, 0.05) is 17.3 Å². The summed E-state index contributed by atoms with van der Waals surface area (Å²) in [5.41, 5.74) is 8.08. The van der Waals surface area contributed by atoms with Crippen molar-refractivity contribution in [2.75, 3.05) is 23.5 Å². The van der Waals surface area contributed by atoms with Gasteiger partial charge in [0.05, 0.1) is 34.5 Å². The summed E-state index contributed by atoms with van der Waals surface area (Å²) >= 11 is 1.48. The Balaban J connectivity index is 1.40. The molecule has 1 aliphatic heterocycles. The van der Waals surface area contributed by atoms with Gasteiger partial charge in [0.25, 0.3) is 0 Å². The fourth-order valence-corrected chi connectivity index (χ4v) is 5.58. The number of amides is 2. The van der Waals surface area contributed by atoms with E-state index < -0.39 is 5.54 Å². The zero-order valence-electron chi connectivity index (χ0n) is 19.0. The van der Waals surface area contributed by atoms with Crippen LogP contribution in [-0.2, 0) is 16.0 Å². The number of nitrogens with zero attached hydrogens (tertiary/aromatic N) is 2. The first kappa shape index (κ1) is 22.6. The molecule has 1 unspecified atom stereocenters. The number of nitrogens with one attached hydrogen (secondary N) is 2. The molecule has 176 valence electrons. The lowest BCUT2D eigenvalue weighted by Gasteiger charge is -2.40. The van der Waals surface area contributed by atoms with Crippen molar-refractivity contribution in [2.24, 2.45) is 11.7 Å². The van der Waals surface area contributed by atoms with Gasteiger partial charge in [-0.15, -0.1) is 11.8 Å². The van der Waals surface area contributed by atoms with Crippen molar-refractivity contribution in [1.82, 2.24) is 9.97 Å². The molecule has 1 fully saturated rings. The average Bonchev–Trinajstić information content (AvgIpc) is 2.85. The van der Waals surface area contributed by atoms with E-state index in [0.717, 1.165) is 40.8 Å². The SMILES string of the molecule is COc1ccc2nccc(NC(=O)[C@@]3(N)CCCCC3Cc3ccc4c(n3)NC(=O)CS4)c2c1. The van der Waals surface area contributed by atoms with Crippen molar-refractivity contribution in [1.29, 1.82) is 0 Å². The second kappa shape index (κ2) is 9.23. The smallest absolute Gasteiger partial charge is 0.244 e. The molecule has 2 aromatic heterocycles. The maximum Gasteiger partial charge on any atom is 0.244 e. The first-order valence-electron chi connectivity index (χ1n) is 11.4. The Morgan fingerprint density at radius 2 is 2.18 bits per heavy atom. The number of nitrogens with two attached hydrogens (primary N) is 1. The highest BCUT2D eigenvalue weighted by Gasteiger charge is 2.44. The maximum absolute atomic E-state index is 13.6. The van der Waals surface area contributed by atoms with Crippen LogP contribution in [0.5, 0.6) is 5.75 Å². The van der Waals surface area contributed by atoms with E-state index in [1.54, 1.807) is 19.4 Å². The van der Waals surface area contributed by atoms with Crippen LogP contribution in [0.4, 0.5) is 11.5 Å². The number of carbonyl (C=O) groups is 2. The van der Waals surface area contributed by atoms with Gasteiger partial charge in [-0.1, -0.05) is 12.8 Å². The molecule has 0 spiro atoms. The Morgan fingerprint density at radius 3 is 3.03 bits per heavy atom. The fourth-order valence-electron chi connectivity index (χ4n) is 4.82. The highest BCUT2D eigenvalue weighted by molar-refractivity contribution is 8.00. The van der Waals surface area contributed by atoms with E-state index in [4.69, 9.17) is 10.5 Å². The van der Waals surface area contributed by atoms with Gasteiger partial charge < -0.3 is 21.1 Å². The second-order valence-electron chi connectivity index (χ2n) is 8.87. The minimum Gasteiger partial charge on any atom is -0.497 e. The summed E-state index contributed by atoms with van der Waals surface area (Å²) in [5.74, 6) is 1.37. The van der Waals surface area contributed by atoms with E-state index in [1.165, 1.54) is 11.8 Å². The van der Waals surface area contributed by atoms with Crippen LogP contribution in [0.3, 0.4) is 0 Å². The van der Waals surface area contributed by atoms with Crippen LogP contribution in [0.25, 0.3) is 10.9 Å². The predicted molar refractivity (Wildman–Crippen MR) is 133 cm³/mol. The normalized spacial score (nSPS) is 22.1. The Kier molecular flexibility index (Phi) is 6.14. The van der Waals surface area contributed by atoms with Gasteiger partial charge in [-0.05, 0) is 61.6 Å². The standard InChI is InChI=1S/C25H27N5O3S/c1-33-17-6-7-19-18(13-17)20(9-11-27-19)29-24(32)25(26)10-3-2-4-15(25)12-16-5-8-21-23(28-16)30-22(31)14-34-21/h5-9,11,13,15H,2-4,10,12,14,26H2,1H3,(H,27,29,32)(H,28,30,31)/t15?,25-/m1/s1. The van der Waals surface area contributed by atoms with E-state index in [2.05, 4.69) is 20.6 Å². The number of ether oxygens (including phenoxy) is 1. The summed E-state index contributed by atoms with van der Waals surface area (Å²) in [6.45, 7) is 0. The van der Waals surface area contributed by atoms with Crippen LogP contribution in [0.15, 0.2) is 47.5 Å². The maximum atomic E-state index is 13.6. The fraction of sp³-hybridized carbons (Fsp3) is 0.360. The van der Waals surface area contributed by atoms with Crippen LogP contribution < -0.4 is 21.1 Å². The number of rotatable bonds is 5. The molecular weight excluding hydrogens is 450 g/mol. The van der Waals surface area contributed by atoms with Gasteiger partial charge in [0.1, 0.15) is 11.6 Å². The van der Waals surface area contributed by atoms with E-state index in [9.17, 15) is 9.59 Å². The van der Waals surface area contributed by atoms with Crippen molar-refractivity contribution < 1.29 is 14.3 Å². The molecule has 1 aromatic carbocycles. The molecule has 8 nitrogen and oxygen atoms in total. The number of anilines is 2. The molecule has 1 saturated carbocycles. The third-order valence-electron chi connectivity index (χ3n) is 6.73. The van der Waals surface area contributed by atoms with E-state index >= 15 is 0 Å². The predicted octanol–water partition coefficient (Wildman–Crippen LogP) is 3.75. The number of benzene rings is 1. The number of aromatic nitrogens is 2. The Bertz CT molecular complexity index is 1270. The zero-order valence-corrected chi connectivity index (χ0v) is 19.8. The van der Waals surface area contributed by atoms with Crippen molar-refractivity contribution >= 4 is 46.0 Å². The molecule has 0 saturated heterocycles. The summed E-state index contributed by atoms with van der Waals surface area (Å²) in [4.78, 5) is 35.4. The van der Waals surface area contributed by atoms with E-state index in [1.807, 2.05) is 30.3 Å². The van der Waals surface area contributed by atoms with Gasteiger partial charge in [-0.25, -0.2) is 4.98 Å². The first-order valence-corrected chi connectivity index (χ1v) is 12.4. The molecule has 2 amide bonds. The highest BCUT2D eigenvalue weighted by Crippen LogP contribution is 2.37. The van der Waals surface area contributed by atoms with E-state index in [-0.39, 0.29) is 17.7 Å². The molecular formula is C25H27N5O3S. The quantitative estimate of drug-likeness (QED) is 0.512. The summed E-state index contributed by atoms with van der Waals surface area (Å²) in [5, 5.41) is 6.72. The monoisotopic (exact) mass is 477 g/mol. The van der Waals surface area contributed by atoms with Crippen LogP contribution >= 0.6 is 11.8 Å². The van der Waals surface area contributed by atoms with Gasteiger partial charge in [0.2, 0.25) is 11.8 Å². The molecule has 9 heteroatoms. The zero-order chi connectivity index (χ0) is 23.7. The first-order chi connectivity index (χ1) is 16.5. The number of hydrogen-bond acceptors (Lipinski definition) is 7. The molecule has 2 atom stereocenters. The van der Waals surface area contributed by atoms with Crippen molar-refractivity contribution in [2.45, 2.75) is 42.5 Å². The lowest BCUT2D eigenvalue weighted by molar-refractivity contribution is -0.124. The molecule has 0 bridgehead atoms. The van der Waals surface area contributed by atoms with Crippen LogP contribution in [-0.4, -0.2) is 40.2 Å². The summed E-state index contributed by atoms with van der Waals surface area (Å²) in [6, 6.07) is 11.3. The number of pyridine rings is 2. The van der Waals surface area contributed by atoms with Gasteiger partial charge in [0.15, 0.2) is 0 Å². The summed E-state index contributed by atoms with van der Waals surface area (Å²) < 4.78 is 5.35. The van der Waals surface area contributed by atoms with Crippen LogP contribution in [0.1, 0.15) is 31.4 Å². The van der Waals surface area contributed by atoms with E-state index in [0.29, 0.717) is 35.8 Å². The highest BCUT2D eigenvalue weighted by atomic mass is 32.2. The summed E-state index contributed by atoms with van der Waals surface area (Å²) in [7, 11) is 1.61. The average molecular weight is 478 g/mol. The molecule has 0 radical (unpaired) electrons. The second-order valence-corrected chi connectivity index (χ2v) is 9.89. The molecule has 2 aliphatic rings.